The van der Waals surface area contributed by atoms with Gasteiger partial charge in [-0.1, -0.05) is 24.3 Å². The van der Waals surface area contributed by atoms with Gasteiger partial charge in [0.1, 0.15) is 11.5 Å². The highest BCUT2D eigenvalue weighted by atomic mass is 16.1. The smallest absolute Gasteiger partial charge is 0.273 e. The second-order valence-electron chi connectivity index (χ2n) is 4.42. The number of benzene rings is 1. The highest BCUT2D eigenvalue weighted by molar-refractivity contribution is 6.03. The van der Waals surface area contributed by atoms with Crippen LogP contribution < -0.4 is 5.32 Å². The van der Waals surface area contributed by atoms with Crippen molar-refractivity contribution in [3.8, 4) is 5.69 Å². The van der Waals surface area contributed by atoms with Crippen LogP contribution in [0.3, 0.4) is 0 Å². The number of para-hydroxylation sites is 2. The molecule has 0 fully saturated rings. The second kappa shape index (κ2) is 5.58. The lowest BCUT2D eigenvalue weighted by atomic mass is 10.2. The molecule has 106 valence electrons. The van der Waals surface area contributed by atoms with E-state index in [2.05, 4.69) is 25.6 Å². The molecule has 2 heterocycles. The van der Waals surface area contributed by atoms with Gasteiger partial charge >= 0.3 is 0 Å². The summed E-state index contributed by atoms with van der Waals surface area (Å²) in [6.07, 6.45) is 5.59. The molecule has 0 unspecified atom stereocenters. The molecule has 2 N–H and O–H groups in total. The van der Waals surface area contributed by atoms with Gasteiger partial charge in [-0.2, -0.15) is 0 Å². The number of aromatic amines is 1. The Morgan fingerprint density at radius 1 is 1.38 bits per heavy atom. The first-order valence-electron chi connectivity index (χ1n) is 6.59. The third-order valence-electron chi connectivity index (χ3n) is 3.03. The summed E-state index contributed by atoms with van der Waals surface area (Å²) < 4.78 is 1.60. The number of hydrogen-bond donors (Lipinski definition) is 2. The van der Waals surface area contributed by atoms with Gasteiger partial charge in [0.25, 0.3) is 5.91 Å². The second-order valence-corrected chi connectivity index (χ2v) is 4.42. The first-order valence-corrected chi connectivity index (χ1v) is 6.59. The van der Waals surface area contributed by atoms with Gasteiger partial charge in [-0.05, 0) is 12.1 Å². The summed E-state index contributed by atoms with van der Waals surface area (Å²) in [6.45, 7) is 1.97. The van der Waals surface area contributed by atoms with Crippen molar-refractivity contribution >= 4 is 11.6 Å². The number of nitrogens with zero attached hydrogens (tertiary/aromatic N) is 4. The minimum absolute atomic E-state index is 0.241. The first kappa shape index (κ1) is 13.0. The Hall–Kier alpha value is -2.96. The maximum absolute atomic E-state index is 12.2. The van der Waals surface area contributed by atoms with E-state index in [1.165, 1.54) is 6.20 Å². The molecule has 2 aromatic heterocycles. The van der Waals surface area contributed by atoms with Gasteiger partial charge in [-0.25, -0.2) is 9.67 Å². The molecular weight excluding hydrogens is 268 g/mol. The summed E-state index contributed by atoms with van der Waals surface area (Å²) in [5.41, 5.74) is 1.83. The first-order chi connectivity index (χ1) is 10.3. The number of H-pyrrole nitrogens is 1. The van der Waals surface area contributed by atoms with Crippen molar-refractivity contribution in [2.45, 2.75) is 13.3 Å². The van der Waals surface area contributed by atoms with Gasteiger partial charge in [0, 0.05) is 6.42 Å². The lowest BCUT2D eigenvalue weighted by Crippen LogP contribution is -2.14. The molecule has 0 aliphatic rings. The molecule has 0 spiro atoms. The Labute approximate surface area is 121 Å². The Bertz CT molecular complexity index is 746. The Morgan fingerprint density at radius 2 is 2.24 bits per heavy atom. The summed E-state index contributed by atoms with van der Waals surface area (Å²) in [4.78, 5) is 19.3. The summed E-state index contributed by atoms with van der Waals surface area (Å²) in [7, 11) is 0. The van der Waals surface area contributed by atoms with E-state index in [9.17, 15) is 4.79 Å². The zero-order valence-corrected chi connectivity index (χ0v) is 11.4. The fourth-order valence-corrected chi connectivity index (χ4v) is 1.96. The predicted molar refractivity (Wildman–Crippen MR) is 77.3 cm³/mol. The van der Waals surface area contributed by atoms with Crippen molar-refractivity contribution in [2.75, 3.05) is 5.32 Å². The van der Waals surface area contributed by atoms with Gasteiger partial charge in [0.2, 0.25) is 0 Å². The fourth-order valence-electron chi connectivity index (χ4n) is 1.96. The summed E-state index contributed by atoms with van der Waals surface area (Å²) >= 11 is 0. The maximum Gasteiger partial charge on any atom is 0.273 e. The fraction of sp³-hybridized carbons (Fsp3) is 0.143. The lowest BCUT2D eigenvalue weighted by Gasteiger charge is -2.09. The van der Waals surface area contributed by atoms with Crippen molar-refractivity contribution < 1.29 is 4.79 Å². The molecule has 7 heteroatoms. The van der Waals surface area contributed by atoms with Crippen LogP contribution in [-0.2, 0) is 6.42 Å². The van der Waals surface area contributed by atoms with E-state index < -0.39 is 0 Å². The number of aromatic nitrogens is 5. The van der Waals surface area contributed by atoms with Crippen molar-refractivity contribution in [3.63, 3.8) is 0 Å². The molecule has 0 saturated carbocycles. The van der Waals surface area contributed by atoms with Crippen LogP contribution in [0.2, 0.25) is 0 Å². The van der Waals surface area contributed by atoms with Crippen molar-refractivity contribution in [3.05, 3.63) is 54.4 Å². The molecule has 21 heavy (non-hydrogen) atoms. The van der Waals surface area contributed by atoms with Gasteiger partial charge in [0.05, 0.1) is 30.0 Å². The SMILES string of the molecule is CCc1ncc(C(=O)Nc2ccccc2-n2ccnn2)[nH]1. The quantitative estimate of drug-likeness (QED) is 0.763. The lowest BCUT2D eigenvalue weighted by molar-refractivity contribution is 0.102. The van der Waals surface area contributed by atoms with E-state index in [1.54, 1.807) is 17.1 Å². The molecule has 3 rings (SSSR count). The molecule has 7 nitrogen and oxygen atoms in total. The molecule has 0 radical (unpaired) electrons. The van der Waals surface area contributed by atoms with Crippen LogP contribution in [0.4, 0.5) is 5.69 Å². The van der Waals surface area contributed by atoms with E-state index in [4.69, 9.17) is 0 Å². The molecule has 0 atom stereocenters. The topological polar surface area (TPSA) is 88.5 Å². The zero-order valence-electron chi connectivity index (χ0n) is 11.4. The molecule has 0 bridgehead atoms. The summed E-state index contributed by atoms with van der Waals surface area (Å²) in [6, 6.07) is 7.39. The van der Waals surface area contributed by atoms with Crippen molar-refractivity contribution in [1.82, 2.24) is 25.0 Å². The van der Waals surface area contributed by atoms with Crippen molar-refractivity contribution in [1.29, 1.82) is 0 Å². The monoisotopic (exact) mass is 282 g/mol. The van der Waals surface area contributed by atoms with Crippen LogP contribution >= 0.6 is 0 Å². The molecule has 3 aromatic rings. The summed E-state index contributed by atoms with van der Waals surface area (Å²) in [5, 5.41) is 10.6. The summed E-state index contributed by atoms with van der Waals surface area (Å²) in [5.74, 6) is 0.541. The zero-order chi connectivity index (χ0) is 14.7. The Balaban J connectivity index is 1.86. The molecule has 1 aromatic carbocycles. The van der Waals surface area contributed by atoms with Gasteiger partial charge in [-0.3, -0.25) is 4.79 Å². The number of carbonyl (C=O) groups excluding carboxylic acids is 1. The van der Waals surface area contributed by atoms with Gasteiger partial charge in [-0.15, -0.1) is 5.10 Å². The van der Waals surface area contributed by atoms with Crippen LogP contribution in [0.5, 0.6) is 0 Å². The number of hydrogen-bond acceptors (Lipinski definition) is 4. The Morgan fingerprint density at radius 3 is 2.95 bits per heavy atom. The minimum atomic E-state index is -0.241. The van der Waals surface area contributed by atoms with Gasteiger partial charge in [0.15, 0.2) is 0 Å². The van der Waals surface area contributed by atoms with Crippen LogP contribution in [0.15, 0.2) is 42.9 Å². The number of anilines is 1. The number of imidazole rings is 1. The molecular formula is C14H14N6O. The molecule has 1 amide bonds. The maximum atomic E-state index is 12.2. The standard InChI is InChI=1S/C14H14N6O/c1-2-13-15-9-11(17-13)14(21)18-10-5-3-4-6-12(10)20-8-7-16-19-20/h3-9H,2H2,1H3,(H,15,17)(H,18,21). The van der Waals surface area contributed by atoms with Gasteiger partial charge < -0.3 is 10.3 Å². The van der Waals surface area contributed by atoms with Crippen LogP contribution in [0.25, 0.3) is 5.69 Å². The van der Waals surface area contributed by atoms with E-state index in [1.807, 2.05) is 31.2 Å². The Kier molecular flexibility index (Phi) is 3.46. The van der Waals surface area contributed by atoms with Crippen LogP contribution in [0, 0.1) is 0 Å². The van der Waals surface area contributed by atoms with Crippen molar-refractivity contribution in [2.24, 2.45) is 0 Å². The number of amides is 1. The largest absolute Gasteiger partial charge is 0.338 e. The third kappa shape index (κ3) is 2.66. The molecule has 0 aliphatic carbocycles. The van der Waals surface area contributed by atoms with E-state index in [-0.39, 0.29) is 5.91 Å². The number of carbonyl (C=O) groups is 1. The number of rotatable bonds is 4. The molecule has 0 saturated heterocycles. The minimum Gasteiger partial charge on any atom is -0.338 e. The highest BCUT2D eigenvalue weighted by Crippen LogP contribution is 2.19. The normalized spacial score (nSPS) is 10.5. The average Bonchev–Trinajstić information content (AvgIpc) is 3.19. The average molecular weight is 282 g/mol. The molecule has 0 aliphatic heterocycles. The van der Waals surface area contributed by atoms with E-state index >= 15 is 0 Å². The van der Waals surface area contributed by atoms with E-state index in [0.717, 1.165) is 17.9 Å². The van der Waals surface area contributed by atoms with E-state index in [0.29, 0.717) is 11.4 Å². The number of aryl methyl sites for hydroxylation is 1. The third-order valence-corrected chi connectivity index (χ3v) is 3.03. The highest BCUT2D eigenvalue weighted by Gasteiger charge is 2.12. The predicted octanol–water partition coefficient (Wildman–Crippen LogP) is 1.81. The van der Waals surface area contributed by atoms with Crippen LogP contribution in [-0.4, -0.2) is 30.9 Å². The van der Waals surface area contributed by atoms with Crippen LogP contribution in [0.1, 0.15) is 23.2 Å². The number of nitrogens with one attached hydrogen (secondary N) is 2.